The lowest BCUT2D eigenvalue weighted by molar-refractivity contribution is 0.455. The maximum Gasteiger partial charge on any atom is 0.159 e. The van der Waals surface area contributed by atoms with Gasteiger partial charge in [-0.05, 0) is 71.1 Å². The summed E-state index contributed by atoms with van der Waals surface area (Å²) in [7, 11) is 0. The molecule has 0 N–H and O–H groups in total. The molecular weight excluding hydrogens is 486 g/mol. The molecule has 0 amide bonds. The van der Waals surface area contributed by atoms with E-state index in [1.807, 2.05) is 24.3 Å². The van der Waals surface area contributed by atoms with Gasteiger partial charge in [0.2, 0.25) is 0 Å². The number of ether oxygens (including phenoxy) is 2. The van der Waals surface area contributed by atoms with Crippen molar-refractivity contribution in [2.75, 3.05) is 4.90 Å². The number of para-hydroxylation sites is 2. The molecule has 2 aliphatic rings. The summed E-state index contributed by atoms with van der Waals surface area (Å²) >= 11 is 1.75. The Bertz CT molecular complexity index is 1860. The Morgan fingerprint density at radius 3 is 2.21 bits per heavy atom. The van der Waals surface area contributed by atoms with E-state index >= 15 is 0 Å². The van der Waals surface area contributed by atoms with Gasteiger partial charge in [-0.2, -0.15) is 0 Å². The molecule has 8 rings (SSSR count). The van der Waals surface area contributed by atoms with Crippen molar-refractivity contribution in [2.24, 2.45) is 0 Å². The Morgan fingerprint density at radius 2 is 1.26 bits per heavy atom. The first-order chi connectivity index (χ1) is 18.8. The first-order valence-corrected chi connectivity index (χ1v) is 13.4. The molecule has 38 heavy (non-hydrogen) atoms. The van der Waals surface area contributed by atoms with E-state index in [4.69, 9.17) is 9.47 Å². The van der Waals surface area contributed by atoms with E-state index in [9.17, 15) is 0 Å². The quantitative estimate of drug-likeness (QED) is 0.232. The molecule has 0 fully saturated rings. The molecule has 0 saturated heterocycles. The van der Waals surface area contributed by atoms with Gasteiger partial charge in [-0.1, -0.05) is 84.6 Å². The van der Waals surface area contributed by atoms with Crippen molar-refractivity contribution >= 4 is 39.6 Å². The van der Waals surface area contributed by atoms with Crippen LogP contribution >= 0.6 is 11.8 Å². The number of benzene rings is 6. The number of rotatable bonds is 2. The second-order valence-electron chi connectivity index (χ2n) is 9.40. The van der Waals surface area contributed by atoms with Crippen LogP contribution in [0.2, 0.25) is 0 Å². The highest BCUT2D eigenvalue weighted by molar-refractivity contribution is 7.99. The van der Waals surface area contributed by atoms with E-state index in [2.05, 4.69) is 108 Å². The molecule has 180 valence electrons. The summed E-state index contributed by atoms with van der Waals surface area (Å²) in [6.45, 7) is 0. The first kappa shape index (κ1) is 21.4. The standard InChI is InChI=1S/C34H21NO2S/c1-2-9-25(10-3-1)35-27-17-14-22-8-4-5-11-26(22)34(27)37-29-18-15-23(20-28(29)35)24-16-19-33-31(21-24)36-30-12-6-7-13-32(30)38-33/h1-21H. The molecule has 3 nitrogen and oxygen atoms in total. The molecule has 2 heterocycles. The van der Waals surface area contributed by atoms with Gasteiger partial charge in [0.15, 0.2) is 11.5 Å². The smallest absolute Gasteiger partial charge is 0.159 e. The Kier molecular flexibility index (Phi) is 4.76. The van der Waals surface area contributed by atoms with Crippen LogP contribution in [-0.4, -0.2) is 0 Å². The van der Waals surface area contributed by atoms with E-state index in [1.54, 1.807) is 11.8 Å². The van der Waals surface area contributed by atoms with Crippen LogP contribution in [0.5, 0.6) is 23.0 Å². The van der Waals surface area contributed by atoms with E-state index < -0.39 is 0 Å². The largest absolute Gasteiger partial charge is 0.455 e. The average molecular weight is 508 g/mol. The fraction of sp³-hybridized carbons (Fsp3) is 0. The van der Waals surface area contributed by atoms with Crippen molar-refractivity contribution in [2.45, 2.75) is 9.79 Å². The Hall–Kier alpha value is -4.67. The van der Waals surface area contributed by atoms with Gasteiger partial charge in [-0.25, -0.2) is 0 Å². The van der Waals surface area contributed by atoms with Gasteiger partial charge in [0.05, 0.1) is 21.2 Å². The van der Waals surface area contributed by atoms with Gasteiger partial charge in [-0.15, -0.1) is 0 Å². The zero-order valence-electron chi connectivity index (χ0n) is 20.3. The number of anilines is 3. The van der Waals surface area contributed by atoms with Crippen LogP contribution in [-0.2, 0) is 0 Å². The van der Waals surface area contributed by atoms with Crippen LogP contribution in [0.15, 0.2) is 137 Å². The zero-order chi connectivity index (χ0) is 25.1. The maximum absolute atomic E-state index is 6.59. The highest BCUT2D eigenvalue weighted by Gasteiger charge is 2.28. The summed E-state index contributed by atoms with van der Waals surface area (Å²) in [5.74, 6) is 3.50. The molecule has 6 aromatic carbocycles. The Labute approximate surface area is 224 Å². The second-order valence-corrected chi connectivity index (χ2v) is 10.5. The zero-order valence-corrected chi connectivity index (χ0v) is 21.1. The summed E-state index contributed by atoms with van der Waals surface area (Å²) in [5, 5.41) is 2.26. The van der Waals surface area contributed by atoms with Crippen molar-refractivity contribution in [3.63, 3.8) is 0 Å². The minimum absolute atomic E-state index is 0.833. The van der Waals surface area contributed by atoms with Gasteiger partial charge in [0.1, 0.15) is 11.5 Å². The molecule has 0 unspecified atom stereocenters. The fourth-order valence-corrected chi connectivity index (χ4v) is 6.21. The summed E-state index contributed by atoms with van der Waals surface area (Å²) < 4.78 is 12.9. The molecule has 0 aliphatic carbocycles. The molecule has 0 bridgehead atoms. The summed E-state index contributed by atoms with van der Waals surface area (Å²) in [4.78, 5) is 4.56. The van der Waals surface area contributed by atoms with Crippen molar-refractivity contribution in [3.05, 3.63) is 127 Å². The Morgan fingerprint density at radius 1 is 0.500 bits per heavy atom. The summed E-state index contributed by atoms with van der Waals surface area (Å²) in [6, 6.07) is 44.2. The molecule has 0 aromatic heterocycles. The fourth-order valence-electron chi connectivity index (χ4n) is 5.28. The first-order valence-electron chi connectivity index (χ1n) is 12.6. The normalized spacial score (nSPS) is 13.0. The van der Waals surface area contributed by atoms with Crippen molar-refractivity contribution in [1.82, 2.24) is 0 Å². The highest BCUT2D eigenvalue weighted by atomic mass is 32.2. The monoisotopic (exact) mass is 507 g/mol. The third-order valence-electron chi connectivity index (χ3n) is 7.09. The molecule has 0 spiro atoms. The molecule has 0 radical (unpaired) electrons. The lowest BCUT2D eigenvalue weighted by Gasteiger charge is -2.34. The van der Waals surface area contributed by atoms with Crippen LogP contribution < -0.4 is 14.4 Å². The van der Waals surface area contributed by atoms with Crippen LogP contribution in [0, 0.1) is 0 Å². The van der Waals surface area contributed by atoms with Crippen molar-refractivity contribution in [3.8, 4) is 34.1 Å². The number of hydrogen-bond acceptors (Lipinski definition) is 4. The summed E-state index contributed by atoms with van der Waals surface area (Å²) in [6.07, 6.45) is 0. The van der Waals surface area contributed by atoms with E-state index in [0.717, 1.165) is 71.8 Å². The second kappa shape index (κ2) is 8.44. The lowest BCUT2D eigenvalue weighted by Crippen LogP contribution is -2.16. The van der Waals surface area contributed by atoms with Crippen LogP contribution in [0.4, 0.5) is 17.1 Å². The maximum atomic E-state index is 6.59. The molecule has 2 aliphatic heterocycles. The Balaban J connectivity index is 1.26. The minimum Gasteiger partial charge on any atom is -0.455 e. The van der Waals surface area contributed by atoms with Crippen LogP contribution in [0.25, 0.3) is 21.9 Å². The number of nitrogens with zero attached hydrogens (tertiary/aromatic N) is 1. The predicted octanol–water partition coefficient (Wildman–Crippen LogP) is 10.3. The highest BCUT2D eigenvalue weighted by Crippen LogP contribution is 2.54. The van der Waals surface area contributed by atoms with Crippen molar-refractivity contribution in [1.29, 1.82) is 0 Å². The summed E-state index contributed by atoms with van der Waals surface area (Å²) in [5.41, 5.74) is 5.33. The molecule has 6 aromatic rings. The predicted molar refractivity (Wildman–Crippen MR) is 155 cm³/mol. The minimum atomic E-state index is 0.833. The van der Waals surface area contributed by atoms with E-state index in [1.165, 1.54) is 0 Å². The molecule has 0 atom stereocenters. The van der Waals surface area contributed by atoms with Gasteiger partial charge < -0.3 is 14.4 Å². The lowest BCUT2D eigenvalue weighted by atomic mass is 10.0. The van der Waals surface area contributed by atoms with Crippen LogP contribution in [0.3, 0.4) is 0 Å². The van der Waals surface area contributed by atoms with E-state index in [0.29, 0.717) is 0 Å². The number of fused-ring (bicyclic) bond motifs is 6. The van der Waals surface area contributed by atoms with Crippen LogP contribution in [0.1, 0.15) is 0 Å². The number of hydrogen-bond donors (Lipinski definition) is 0. The molecule has 4 heteroatoms. The third-order valence-corrected chi connectivity index (χ3v) is 8.21. The van der Waals surface area contributed by atoms with Gasteiger partial charge >= 0.3 is 0 Å². The van der Waals surface area contributed by atoms with Gasteiger partial charge in [0, 0.05) is 11.1 Å². The van der Waals surface area contributed by atoms with Gasteiger partial charge in [-0.3, -0.25) is 0 Å². The third kappa shape index (κ3) is 3.38. The molecule has 0 saturated carbocycles. The van der Waals surface area contributed by atoms with Crippen molar-refractivity contribution < 1.29 is 9.47 Å². The van der Waals surface area contributed by atoms with Gasteiger partial charge in [0.25, 0.3) is 0 Å². The molecular formula is C34H21NO2S. The van der Waals surface area contributed by atoms with E-state index in [-0.39, 0.29) is 0 Å². The topological polar surface area (TPSA) is 21.7 Å². The average Bonchev–Trinajstić information content (AvgIpc) is 2.98. The SMILES string of the molecule is c1ccc(N2c3cc(-c4ccc5c(c4)Oc4ccccc4S5)ccc3Oc3c2ccc2ccccc32)cc1.